The molecular weight excluding hydrogens is 516 g/mol. The predicted octanol–water partition coefficient (Wildman–Crippen LogP) is 5.26. The third kappa shape index (κ3) is 6.25. The van der Waals surface area contributed by atoms with Crippen LogP contribution in [-0.2, 0) is 21.2 Å². The first kappa shape index (κ1) is 25.9. The quantitative estimate of drug-likeness (QED) is 0.398. The highest BCUT2D eigenvalue weighted by Gasteiger charge is 2.27. The Hall–Kier alpha value is -2.68. The Morgan fingerprint density at radius 2 is 1.62 bits per heavy atom. The zero-order valence-electron chi connectivity index (χ0n) is 19.8. The number of hydrogen-bond acceptors (Lipinski definition) is 4. The molecule has 6 nitrogen and oxygen atoms in total. The van der Waals surface area contributed by atoms with Crippen molar-refractivity contribution in [3.8, 4) is 5.75 Å². The molecule has 8 heteroatoms. The average molecular weight is 545 g/mol. The lowest BCUT2D eigenvalue weighted by Crippen LogP contribution is -2.39. The minimum Gasteiger partial charge on any atom is -0.496 e. The van der Waals surface area contributed by atoms with Crippen LogP contribution in [0.15, 0.2) is 70.0 Å². The number of methoxy groups -OCH3 is 1. The number of carbonyl (C=O) groups excluding carboxylic acids is 1. The molecule has 0 atom stereocenters. The number of nitrogens with one attached hydrogen (secondary N) is 1. The summed E-state index contributed by atoms with van der Waals surface area (Å²) in [5.74, 6) is 0.212. The molecule has 0 aliphatic heterocycles. The van der Waals surface area contributed by atoms with Crippen molar-refractivity contribution in [3.05, 3.63) is 87.4 Å². The number of aryl methyl sites for hydroxylation is 3. The number of benzene rings is 3. The van der Waals surface area contributed by atoms with Crippen molar-refractivity contribution in [3.63, 3.8) is 0 Å². The minimum atomic E-state index is -3.92. The molecule has 0 fully saturated rings. The van der Waals surface area contributed by atoms with Gasteiger partial charge in [-0.1, -0.05) is 46.3 Å². The molecule has 180 valence electrons. The van der Waals surface area contributed by atoms with Crippen LogP contribution in [0, 0.1) is 20.8 Å². The van der Waals surface area contributed by atoms with Crippen LogP contribution in [0.3, 0.4) is 0 Å². The van der Waals surface area contributed by atoms with Crippen LogP contribution in [0.1, 0.15) is 22.3 Å². The molecule has 0 unspecified atom stereocenters. The highest BCUT2D eigenvalue weighted by atomic mass is 79.9. The Labute approximate surface area is 210 Å². The molecule has 0 aliphatic rings. The summed E-state index contributed by atoms with van der Waals surface area (Å²) in [6, 6.07) is 18.1. The molecule has 34 heavy (non-hydrogen) atoms. The Balaban J connectivity index is 1.88. The van der Waals surface area contributed by atoms with Gasteiger partial charge in [-0.3, -0.25) is 4.79 Å². The number of hydrogen-bond donors (Lipinski definition) is 1. The number of carbonyl (C=O) groups is 1. The van der Waals surface area contributed by atoms with Gasteiger partial charge in [0.05, 0.1) is 18.6 Å². The maximum Gasteiger partial charge on any atom is 0.243 e. The Bertz CT molecular complexity index is 1250. The van der Waals surface area contributed by atoms with Crippen LogP contribution < -0.4 is 10.1 Å². The van der Waals surface area contributed by atoms with Gasteiger partial charge in [0.2, 0.25) is 15.9 Å². The Kier molecular flexibility index (Phi) is 8.52. The summed E-state index contributed by atoms with van der Waals surface area (Å²) in [5, 5.41) is 2.90. The number of anilines is 1. The van der Waals surface area contributed by atoms with Crippen LogP contribution in [0.25, 0.3) is 0 Å². The number of amides is 1. The molecule has 0 radical (unpaired) electrons. The first-order chi connectivity index (χ1) is 16.1. The van der Waals surface area contributed by atoms with Gasteiger partial charge in [-0.2, -0.15) is 4.31 Å². The smallest absolute Gasteiger partial charge is 0.243 e. The molecule has 0 spiro atoms. The van der Waals surface area contributed by atoms with Gasteiger partial charge >= 0.3 is 0 Å². The summed E-state index contributed by atoms with van der Waals surface area (Å²) < 4.78 is 34.6. The highest BCUT2D eigenvalue weighted by Crippen LogP contribution is 2.26. The molecular formula is C26H29BrN2O4S. The van der Waals surface area contributed by atoms with Gasteiger partial charge in [0.15, 0.2) is 0 Å². The zero-order valence-corrected chi connectivity index (χ0v) is 22.2. The van der Waals surface area contributed by atoms with E-state index in [1.165, 1.54) is 10.4 Å². The number of rotatable bonds is 9. The van der Waals surface area contributed by atoms with E-state index in [1.54, 1.807) is 26.2 Å². The van der Waals surface area contributed by atoms with Crippen LogP contribution in [0.5, 0.6) is 5.75 Å². The highest BCUT2D eigenvalue weighted by molar-refractivity contribution is 9.10. The van der Waals surface area contributed by atoms with Gasteiger partial charge in [-0.05, 0) is 79.8 Å². The van der Waals surface area contributed by atoms with Crippen molar-refractivity contribution in [1.82, 2.24) is 4.31 Å². The fourth-order valence-corrected chi connectivity index (χ4v) is 5.96. The third-order valence-electron chi connectivity index (χ3n) is 5.58. The molecule has 1 N–H and O–H groups in total. The molecule has 0 aliphatic carbocycles. The van der Waals surface area contributed by atoms with Crippen molar-refractivity contribution in [2.45, 2.75) is 32.1 Å². The lowest BCUT2D eigenvalue weighted by Gasteiger charge is -2.23. The maximum absolute atomic E-state index is 13.6. The maximum atomic E-state index is 13.6. The van der Waals surface area contributed by atoms with Gasteiger partial charge < -0.3 is 10.1 Å². The van der Waals surface area contributed by atoms with E-state index in [4.69, 9.17) is 4.74 Å². The fraction of sp³-hybridized carbons (Fsp3) is 0.269. The summed E-state index contributed by atoms with van der Waals surface area (Å²) in [5.41, 5.74) is 4.18. The van der Waals surface area contributed by atoms with E-state index in [-0.39, 0.29) is 18.0 Å². The monoisotopic (exact) mass is 544 g/mol. The molecule has 3 aromatic rings. The van der Waals surface area contributed by atoms with Crippen LogP contribution in [0.4, 0.5) is 5.69 Å². The molecule has 3 rings (SSSR count). The van der Waals surface area contributed by atoms with E-state index >= 15 is 0 Å². The van der Waals surface area contributed by atoms with Crippen molar-refractivity contribution in [1.29, 1.82) is 0 Å². The minimum absolute atomic E-state index is 0.127. The van der Waals surface area contributed by atoms with E-state index in [2.05, 4.69) is 21.2 Å². The van der Waals surface area contributed by atoms with Crippen molar-refractivity contribution in [2.24, 2.45) is 0 Å². The first-order valence-electron chi connectivity index (χ1n) is 10.9. The van der Waals surface area contributed by atoms with E-state index in [1.807, 2.05) is 56.3 Å². The molecule has 3 aromatic carbocycles. The van der Waals surface area contributed by atoms with Crippen LogP contribution in [0.2, 0.25) is 0 Å². The summed E-state index contributed by atoms with van der Waals surface area (Å²) >= 11 is 3.46. The molecule has 1 amide bonds. The van der Waals surface area contributed by atoms with E-state index in [0.29, 0.717) is 23.4 Å². The lowest BCUT2D eigenvalue weighted by atomic mass is 10.1. The van der Waals surface area contributed by atoms with Gasteiger partial charge in [0.1, 0.15) is 5.75 Å². The second-order valence-corrected chi connectivity index (χ2v) is 11.0. The van der Waals surface area contributed by atoms with Gasteiger partial charge in [-0.15, -0.1) is 0 Å². The van der Waals surface area contributed by atoms with Crippen LogP contribution >= 0.6 is 15.9 Å². The number of nitrogens with zero attached hydrogens (tertiary/aromatic N) is 1. The van der Waals surface area contributed by atoms with Crippen molar-refractivity contribution in [2.75, 3.05) is 25.5 Å². The van der Waals surface area contributed by atoms with E-state index in [9.17, 15) is 13.2 Å². The summed E-state index contributed by atoms with van der Waals surface area (Å²) in [7, 11) is -2.38. The summed E-state index contributed by atoms with van der Waals surface area (Å²) in [6.07, 6.45) is 0.485. The van der Waals surface area contributed by atoms with Crippen molar-refractivity contribution >= 4 is 37.5 Å². The number of halogens is 1. The number of sulfonamides is 1. The third-order valence-corrected chi connectivity index (χ3v) is 7.88. The molecule has 0 bridgehead atoms. The fourth-order valence-electron chi connectivity index (χ4n) is 3.79. The average Bonchev–Trinajstić information content (AvgIpc) is 2.79. The largest absolute Gasteiger partial charge is 0.496 e. The van der Waals surface area contributed by atoms with Gasteiger partial charge in [-0.25, -0.2) is 8.42 Å². The van der Waals surface area contributed by atoms with E-state index in [0.717, 1.165) is 21.2 Å². The second-order valence-electron chi connectivity index (χ2n) is 8.17. The lowest BCUT2D eigenvalue weighted by molar-refractivity contribution is -0.116. The molecule has 0 heterocycles. The second kappa shape index (κ2) is 11.2. The van der Waals surface area contributed by atoms with Gasteiger partial charge in [0, 0.05) is 16.7 Å². The standard InChI is InChI=1S/C26H29BrN2O4S/c1-18-16-23(10-11-24(18)33-4)34(31,32)29(13-12-21-8-6-5-7-9-21)17-25(30)28-26-19(2)14-22(27)15-20(26)3/h5-11,14-16H,12-13,17H2,1-4H3,(H,28,30). The van der Waals surface area contributed by atoms with Crippen molar-refractivity contribution < 1.29 is 17.9 Å². The Morgan fingerprint density at radius 3 is 2.21 bits per heavy atom. The normalized spacial score (nSPS) is 11.5. The summed E-state index contributed by atoms with van der Waals surface area (Å²) in [4.78, 5) is 13.1. The molecule has 0 aromatic heterocycles. The number of ether oxygens (including phenoxy) is 1. The summed E-state index contributed by atoms with van der Waals surface area (Å²) in [6.45, 7) is 5.46. The Morgan fingerprint density at radius 1 is 0.971 bits per heavy atom. The van der Waals surface area contributed by atoms with E-state index < -0.39 is 15.9 Å². The molecule has 0 saturated heterocycles. The topological polar surface area (TPSA) is 75.7 Å². The zero-order chi connectivity index (χ0) is 24.9. The first-order valence-corrected chi connectivity index (χ1v) is 13.1. The van der Waals surface area contributed by atoms with Crippen LogP contribution in [-0.4, -0.2) is 38.8 Å². The predicted molar refractivity (Wildman–Crippen MR) is 139 cm³/mol. The molecule has 0 saturated carbocycles. The van der Waals surface area contributed by atoms with Gasteiger partial charge in [0.25, 0.3) is 0 Å². The SMILES string of the molecule is COc1ccc(S(=O)(=O)N(CCc2ccccc2)CC(=O)Nc2c(C)cc(Br)cc2C)cc1C.